The Balaban J connectivity index is 1.75. The molecule has 1 heterocycles. The van der Waals surface area contributed by atoms with Gasteiger partial charge in [0.1, 0.15) is 5.75 Å². The van der Waals surface area contributed by atoms with Crippen molar-refractivity contribution in [3.05, 3.63) is 42.0 Å². The molecule has 0 aromatic heterocycles. The molecule has 0 saturated carbocycles. The molecule has 0 N–H and O–H groups in total. The van der Waals surface area contributed by atoms with E-state index in [0.717, 1.165) is 24.5 Å². The second-order valence-corrected chi connectivity index (χ2v) is 6.36. The second kappa shape index (κ2) is 8.73. The molecule has 0 aliphatic carbocycles. The van der Waals surface area contributed by atoms with Crippen LogP contribution in [0.15, 0.2) is 36.4 Å². The van der Waals surface area contributed by atoms with Crippen molar-refractivity contribution >= 4 is 11.6 Å². The zero-order valence-electron chi connectivity index (χ0n) is 16.7. The minimum Gasteiger partial charge on any atom is -0.497 e. The molecule has 1 aliphatic rings. The van der Waals surface area contributed by atoms with Gasteiger partial charge in [0.05, 0.1) is 34.0 Å². The predicted octanol–water partition coefficient (Wildman–Crippen LogP) is 2.68. The Labute approximate surface area is 165 Å². The highest BCUT2D eigenvalue weighted by atomic mass is 16.5. The standard InChI is InChI=1S/C21H26N2O5/c1-25-16-7-5-6-15(14-16)22-10-12-23(13-11-22)21(24)17-8-9-18(26-2)20(28-4)19(17)27-3/h5-9,14H,10-13H2,1-4H3. The van der Waals surface area contributed by atoms with Crippen LogP contribution in [-0.2, 0) is 0 Å². The number of rotatable bonds is 6. The summed E-state index contributed by atoms with van der Waals surface area (Å²) in [5.74, 6) is 2.08. The molecule has 7 nitrogen and oxygen atoms in total. The van der Waals surface area contributed by atoms with E-state index < -0.39 is 0 Å². The molecule has 2 aromatic rings. The largest absolute Gasteiger partial charge is 0.497 e. The lowest BCUT2D eigenvalue weighted by molar-refractivity contribution is 0.0742. The van der Waals surface area contributed by atoms with Gasteiger partial charge in [0.15, 0.2) is 11.5 Å². The van der Waals surface area contributed by atoms with Gasteiger partial charge in [-0.15, -0.1) is 0 Å². The van der Waals surface area contributed by atoms with Gasteiger partial charge in [-0.1, -0.05) is 6.07 Å². The smallest absolute Gasteiger partial charge is 0.257 e. The summed E-state index contributed by atoms with van der Waals surface area (Å²) >= 11 is 0. The summed E-state index contributed by atoms with van der Waals surface area (Å²) in [7, 11) is 6.26. The number of carbonyl (C=O) groups excluding carboxylic acids is 1. The lowest BCUT2D eigenvalue weighted by atomic mass is 10.1. The molecule has 1 fully saturated rings. The van der Waals surface area contributed by atoms with Crippen molar-refractivity contribution in [1.29, 1.82) is 0 Å². The molecule has 1 amide bonds. The molecule has 0 spiro atoms. The summed E-state index contributed by atoms with van der Waals surface area (Å²) in [6, 6.07) is 11.4. The molecule has 0 radical (unpaired) electrons. The van der Waals surface area contributed by atoms with E-state index in [1.165, 1.54) is 14.2 Å². The van der Waals surface area contributed by atoms with E-state index in [1.807, 2.05) is 23.1 Å². The van der Waals surface area contributed by atoms with E-state index in [1.54, 1.807) is 26.4 Å². The van der Waals surface area contributed by atoms with Gasteiger partial charge in [0.2, 0.25) is 5.75 Å². The highest BCUT2D eigenvalue weighted by Crippen LogP contribution is 2.40. The van der Waals surface area contributed by atoms with Gasteiger partial charge in [0.25, 0.3) is 5.91 Å². The number of anilines is 1. The lowest BCUT2D eigenvalue weighted by Gasteiger charge is -2.36. The van der Waals surface area contributed by atoms with E-state index in [0.29, 0.717) is 35.9 Å². The van der Waals surface area contributed by atoms with Crippen LogP contribution in [0.5, 0.6) is 23.0 Å². The number of nitrogens with zero attached hydrogens (tertiary/aromatic N) is 2. The first kappa shape index (κ1) is 19.7. The summed E-state index contributed by atoms with van der Waals surface area (Å²) in [5, 5.41) is 0. The molecule has 2 aromatic carbocycles. The third kappa shape index (κ3) is 3.78. The van der Waals surface area contributed by atoms with Crippen molar-refractivity contribution in [1.82, 2.24) is 4.90 Å². The maximum Gasteiger partial charge on any atom is 0.257 e. The Morgan fingerprint density at radius 2 is 1.54 bits per heavy atom. The van der Waals surface area contributed by atoms with Crippen LogP contribution in [0.2, 0.25) is 0 Å². The molecule has 0 bridgehead atoms. The number of carbonyl (C=O) groups is 1. The fourth-order valence-corrected chi connectivity index (χ4v) is 3.41. The van der Waals surface area contributed by atoms with Crippen molar-refractivity contribution < 1.29 is 23.7 Å². The van der Waals surface area contributed by atoms with E-state index in [4.69, 9.17) is 18.9 Å². The maximum absolute atomic E-state index is 13.1. The first-order valence-electron chi connectivity index (χ1n) is 9.10. The molecule has 7 heteroatoms. The van der Waals surface area contributed by atoms with Crippen molar-refractivity contribution in [2.45, 2.75) is 0 Å². The van der Waals surface area contributed by atoms with Gasteiger partial charge in [-0.2, -0.15) is 0 Å². The monoisotopic (exact) mass is 386 g/mol. The molecule has 0 unspecified atom stereocenters. The Morgan fingerprint density at radius 1 is 0.821 bits per heavy atom. The second-order valence-electron chi connectivity index (χ2n) is 6.36. The summed E-state index contributed by atoms with van der Waals surface area (Å²) in [5.41, 5.74) is 1.56. The van der Waals surface area contributed by atoms with Gasteiger partial charge in [0, 0.05) is 37.9 Å². The first-order chi connectivity index (χ1) is 13.6. The van der Waals surface area contributed by atoms with Crippen molar-refractivity contribution in [3.63, 3.8) is 0 Å². The number of ether oxygens (including phenoxy) is 4. The van der Waals surface area contributed by atoms with E-state index in [-0.39, 0.29) is 5.91 Å². The van der Waals surface area contributed by atoms with Crippen molar-refractivity contribution in [2.75, 3.05) is 59.5 Å². The van der Waals surface area contributed by atoms with Crippen molar-refractivity contribution in [2.24, 2.45) is 0 Å². The third-order valence-electron chi connectivity index (χ3n) is 4.92. The van der Waals surface area contributed by atoms with Gasteiger partial charge in [-0.05, 0) is 24.3 Å². The Hall–Kier alpha value is -3.09. The fourth-order valence-electron chi connectivity index (χ4n) is 3.41. The van der Waals surface area contributed by atoms with Crippen LogP contribution in [0.3, 0.4) is 0 Å². The predicted molar refractivity (Wildman–Crippen MR) is 107 cm³/mol. The van der Waals surface area contributed by atoms with Crippen LogP contribution in [0, 0.1) is 0 Å². The molecule has 1 saturated heterocycles. The van der Waals surface area contributed by atoms with Crippen LogP contribution < -0.4 is 23.8 Å². The minimum atomic E-state index is -0.0805. The normalized spacial score (nSPS) is 13.9. The van der Waals surface area contributed by atoms with Crippen LogP contribution in [0.1, 0.15) is 10.4 Å². The van der Waals surface area contributed by atoms with Gasteiger partial charge in [-0.25, -0.2) is 0 Å². The summed E-state index contributed by atoms with van der Waals surface area (Å²) < 4.78 is 21.4. The van der Waals surface area contributed by atoms with Crippen LogP contribution in [0.25, 0.3) is 0 Å². The van der Waals surface area contributed by atoms with Gasteiger partial charge in [-0.3, -0.25) is 4.79 Å². The van der Waals surface area contributed by atoms with Crippen molar-refractivity contribution in [3.8, 4) is 23.0 Å². The van der Waals surface area contributed by atoms with Crippen LogP contribution >= 0.6 is 0 Å². The molecule has 150 valence electrons. The molecule has 28 heavy (non-hydrogen) atoms. The molecule has 3 rings (SSSR count). The van der Waals surface area contributed by atoms with Gasteiger partial charge < -0.3 is 28.7 Å². The number of methoxy groups -OCH3 is 4. The average molecular weight is 386 g/mol. The van der Waals surface area contributed by atoms with E-state index in [9.17, 15) is 4.79 Å². The zero-order chi connectivity index (χ0) is 20.1. The van der Waals surface area contributed by atoms with Crippen LogP contribution in [0.4, 0.5) is 5.69 Å². The highest BCUT2D eigenvalue weighted by Gasteiger charge is 2.27. The molecular formula is C21H26N2O5. The number of hydrogen-bond donors (Lipinski definition) is 0. The van der Waals surface area contributed by atoms with E-state index in [2.05, 4.69) is 11.0 Å². The summed E-state index contributed by atoms with van der Waals surface area (Å²) in [4.78, 5) is 17.2. The molecule has 0 atom stereocenters. The summed E-state index contributed by atoms with van der Waals surface area (Å²) in [6.45, 7) is 2.73. The molecule has 1 aliphatic heterocycles. The number of benzene rings is 2. The van der Waals surface area contributed by atoms with E-state index >= 15 is 0 Å². The van der Waals surface area contributed by atoms with Crippen LogP contribution in [-0.4, -0.2) is 65.4 Å². The lowest BCUT2D eigenvalue weighted by Crippen LogP contribution is -2.48. The average Bonchev–Trinajstić information content (AvgIpc) is 2.77. The first-order valence-corrected chi connectivity index (χ1v) is 9.10. The Bertz CT molecular complexity index is 832. The zero-order valence-corrected chi connectivity index (χ0v) is 16.7. The number of piperazine rings is 1. The third-order valence-corrected chi connectivity index (χ3v) is 4.92. The SMILES string of the molecule is COc1cccc(N2CCN(C(=O)c3ccc(OC)c(OC)c3OC)CC2)c1. The Kier molecular flexibility index (Phi) is 6.13. The maximum atomic E-state index is 13.1. The number of amides is 1. The molecular weight excluding hydrogens is 360 g/mol. The highest BCUT2D eigenvalue weighted by molar-refractivity contribution is 5.98. The minimum absolute atomic E-state index is 0.0805. The Morgan fingerprint density at radius 3 is 2.14 bits per heavy atom. The number of hydrogen-bond acceptors (Lipinski definition) is 6. The van der Waals surface area contributed by atoms with Gasteiger partial charge >= 0.3 is 0 Å². The topological polar surface area (TPSA) is 60.5 Å². The summed E-state index contributed by atoms with van der Waals surface area (Å²) in [6.07, 6.45) is 0. The fraction of sp³-hybridized carbons (Fsp3) is 0.381. The quantitative estimate of drug-likeness (QED) is 0.761.